The van der Waals surface area contributed by atoms with Crippen molar-refractivity contribution in [1.82, 2.24) is 5.32 Å². The van der Waals surface area contributed by atoms with Crippen LogP contribution in [-0.2, 0) is 9.59 Å². The van der Waals surface area contributed by atoms with Crippen molar-refractivity contribution in [2.45, 2.75) is 33.2 Å². The lowest BCUT2D eigenvalue weighted by Gasteiger charge is -2.23. The van der Waals surface area contributed by atoms with E-state index in [1.165, 1.54) is 0 Å². The number of carboxylic acid groups (broad SMARTS) is 1. The maximum absolute atomic E-state index is 11.6. The Labute approximate surface area is 89.5 Å². The molecule has 0 radical (unpaired) electrons. The second kappa shape index (κ2) is 5.24. The Morgan fingerprint density at radius 1 is 1.50 bits per heavy atom. The van der Waals surface area contributed by atoms with E-state index >= 15 is 0 Å². The van der Waals surface area contributed by atoms with Crippen LogP contribution in [0.2, 0.25) is 0 Å². The molecule has 0 aliphatic carbocycles. The number of carboxylic acids is 1. The van der Waals surface area contributed by atoms with E-state index in [2.05, 4.69) is 17.9 Å². The minimum absolute atomic E-state index is 0.0981. The number of hydrogen-bond donors (Lipinski definition) is 3. The third-order valence-electron chi connectivity index (χ3n) is 2.28. The third kappa shape index (κ3) is 3.57. The fourth-order valence-electron chi connectivity index (χ4n) is 0.700. The molecule has 0 heterocycles. The van der Waals surface area contributed by atoms with Crippen LogP contribution in [0.4, 0.5) is 0 Å². The second-order valence-corrected chi connectivity index (χ2v) is 4.15. The summed E-state index contributed by atoms with van der Waals surface area (Å²) in [7, 11) is 0. The third-order valence-corrected chi connectivity index (χ3v) is 2.65. The molecule has 0 unspecified atom stereocenters. The van der Waals surface area contributed by atoms with Crippen LogP contribution in [0.1, 0.15) is 27.2 Å². The van der Waals surface area contributed by atoms with Gasteiger partial charge in [0.05, 0.1) is 0 Å². The molecular formula is C9H17NO3S. The number of hydrogen-bond acceptors (Lipinski definition) is 3. The van der Waals surface area contributed by atoms with E-state index in [1.807, 2.05) is 6.92 Å². The number of rotatable bonds is 5. The van der Waals surface area contributed by atoms with Gasteiger partial charge in [-0.15, -0.1) is 0 Å². The first kappa shape index (κ1) is 13.3. The normalized spacial score (nSPS) is 13.4. The fraction of sp³-hybridized carbons (Fsp3) is 0.778. The Hall–Kier alpha value is -0.710. The van der Waals surface area contributed by atoms with Crippen LogP contribution in [0, 0.1) is 5.41 Å². The summed E-state index contributed by atoms with van der Waals surface area (Å²) in [5, 5.41) is 11.1. The molecule has 0 aromatic carbocycles. The van der Waals surface area contributed by atoms with Gasteiger partial charge in [-0.05, 0) is 6.42 Å². The number of carbonyl (C=O) groups excluding carboxylic acids is 1. The molecule has 0 aromatic heterocycles. The Bertz CT molecular complexity index is 228. The van der Waals surface area contributed by atoms with Gasteiger partial charge in [0.15, 0.2) is 0 Å². The van der Waals surface area contributed by atoms with Gasteiger partial charge in [-0.1, -0.05) is 20.8 Å². The van der Waals surface area contributed by atoms with Gasteiger partial charge in [-0.25, -0.2) is 4.79 Å². The van der Waals surface area contributed by atoms with Crippen LogP contribution < -0.4 is 5.32 Å². The molecule has 0 aliphatic rings. The molecule has 2 N–H and O–H groups in total. The van der Waals surface area contributed by atoms with Gasteiger partial charge in [-0.2, -0.15) is 12.6 Å². The highest BCUT2D eigenvalue weighted by atomic mass is 32.1. The molecule has 0 spiro atoms. The zero-order valence-corrected chi connectivity index (χ0v) is 9.60. The lowest BCUT2D eigenvalue weighted by Crippen LogP contribution is -2.47. The molecule has 0 fully saturated rings. The molecular weight excluding hydrogens is 202 g/mol. The van der Waals surface area contributed by atoms with Crippen molar-refractivity contribution in [3.63, 3.8) is 0 Å². The first-order valence-corrected chi connectivity index (χ1v) is 5.13. The van der Waals surface area contributed by atoms with Crippen LogP contribution in [-0.4, -0.2) is 28.8 Å². The summed E-state index contributed by atoms with van der Waals surface area (Å²) in [4.78, 5) is 22.2. The zero-order chi connectivity index (χ0) is 11.4. The molecule has 14 heavy (non-hydrogen) atoms. The molecule has 1 amide bonds. The molecule has 0 aliphatic heterocycles. The number of amides is 1. The molecule has 0 bridgehead atoms. The van der Waals surface area contributed by atoms with E-state index in [9.17, 15) is 9.59 Å². The highest BCUT2D eigenvalue weighted by Gasteiger charge is 2.28. The summed E-state index contributed by atoms with van der Waals surface area (Å²) in [6, 6.07) is -0.906. The predicted molar refractivity (Wildman–Crippen MR) is 57.5 cm³/mol. The average molecular weight is 219 g/mol. The Balaban J connectivity index is 4.37. The lowest BCUT2D eigenvalue weighted by molar-refractivity contribution is -0.142. The van der Waals surface area contributed by atoms with Crippen LogP contribution in [0.3, 0.4) is 0 Å². The van der Waals surface area contributed by atoms with Crippen LogP contribution >= 0.6 is 12.6 Å². The molecule has 0 saturated carbocycles. The SMILES string of the molecule is CCC(C)(C)C(=O)N[C@@H](CS)C(=O)O. The van der Waals surface area contributed by atoms with Gasteiger partial charge in [-0.3, -0.25) is 4.79 Å². The predicted octanol–water partition coefficient (Wildman–Crippen LogP) is 0.922. The van der Waals surface area contributed by atoms with Crippen LogP contribution in [0.25, 0.3) is 0 Å². The quantitative estimate of drug-likeness (QED) is 0.602. The number of thiol groups is 1. The molecule has 82 valence electrons. The largest absolute Gasteiger partial charge is 0.480 e. The average Bonchev–Trinajstić information content (AvgIpc) is 2.12. The van der Waals surface area contributed by atoms with Gasteiger partial charge in [0.25, 0.3) is 0 Å². The highest BCUT2D eigenvalue weighted by molar-refractivity contribution is 7.80. The van der Waals surface area contributed by atoms with Crippen LogP contribution in [0.15, 0.2) is 0 Å². The lowest BCUT2D eigenvalue weighted by atomic mass is 9.89. The van der Waals surface area contributed by atoms with E-state index in [4.69, 9.17) is 5.11 Å². The summed E-state index contributed by atoms with van der Waals surface area (Å²) >= 11 is 3.86. The minimum Gasteiger partial charge on any atom is -0.480 e. The topological polar surface area (TPSA) is 66.4 Å². The maximum atomic E-state index is 11.6. The molecule has 0 saturated heterocycles. The summed E-state index contributed by atoms with van der Waals surface area (Å²) < 4.78 is 0. The van der Waals surface area contributed by atoms with Crippen molar-refractivity contribution in [1.29, 1.82) is 0 Å². The first-order valence-electron chi connectivity index (χ1n) is 4.49. The van der Waals surface area contributed by atoms with Gasteiger partial charge >= 0.3 is 5.97 Å². The van der Waals surface area contributed by atoms with Gasteiger partial charge in [0, 0.05) is 11.2 Å². The molecule has 1 atom stereocenters. The molecule has 5 heteroatoms. The summed E-state index contributed by atoms with van der Waals surface area (Å²) in [5.74, 6) is -1.21. The van der Waals surface area contributed by atoms with Crippen molar-refractivity contribution in [2.24, 2.45) is 5.41 Å². The van der Waals surface area contributed by atoms with Crippen molar-refractivity contribution < 1.29 is 14.7 Å². The maximum Gasteiger partial charge on any atom is 0.327 e. The van der Waals surface area contributed by atoms with Gasteiger partial charge < -0.3 is 10.4 Å². The Kier molecular flexibility index (Phi) is 4.97. The van der Waals surface area contributed by atoms with E-state index in [0.29, 0.717) is 6.42 Å². The van der Waals surface area contributed by atoms with Crippen molar-refractivity contribution >= 4 is 24.5 Å². The van der Waals surface area contributed by atoms with Crippen LogP contribution in [0.5, 0.6) is 0 Å². The second-order valence-electron chi connectivity index (χ2n) is 3.78. The highest BCUT2D eigenvalue weighted by Crippen LogP contribution is 2.19. The first-order chi connectivity index (χ1) is 6.35. The number of nitrogens with one attached hydrogen (secondary N) is 1. The van der Waals surface area contributed by atoms with Gasteiger partial charge in [0.2, 0.25) is 5.91 Å². The summed E-state index contributed by atoms with van der Waals surface area (Å²) in [6.07, 6.45) is 0.664. The van der Waals surface area contributed by atoms with Crippen molar-refractivity contribution in [3.8, 4) is 0 Å². The number of aliphatic carboxylic acids is 1. The Morgan fingerprint density at radius 3 is 2.29 bits per heavy atom. The van der Waals surface area contributed by atoms with E-state index in [1.54, 1.807) is 13.8 Å². The summed E-state index contributed by atoms with van der Waals surface area (Å²) in [5.41, 5.74) is -0.531. The van der Waals surface area contributed by atoms with E-state index < -0.39 is 17.4 Å². The number of carbonyl (C=O) groups is 2. The standard InChI is InChI=1S/C9H17NO3S/c1-4-9(2,3)8(13)10-6(5-14)7(11)12/h6,14H,4-5H2,1-3H3,(H,10,13)(H,11,12)/t6-/m0/s1. The Morgan fingerprint density at radius 2 is 2.00 bits per heavy atom. The molecule has 0 rings (SSSR count). The zero-order valence-electron chi connectivity index (χ0n) is 8.70. The molecule has 4 nitrogen and oxygen atoms in total. The monoisotopic (exact) mass is 219 g/mol. The van der Waals surface area contributed by atoms with Crippen molar-refractivity contribution in [3.05, 3.63) is 0 Å². The van der Waals surface area contributed by atoms with E-state index in [-0.39, 0.29) is 11.7 Å². The summed E-state index contributed by atoms with van der Waals surface area (Å²) in [6.45, 7) is 5.44. The smallest absolute Gasteiger partial charge is 0.327 e. The van der Waals surface area contributed by atoms with Crippen molar-refractivity contribution in [2.75, 3.05) is 5.75 Å². The fourth-order valence-corrected chi connectivity index (χ4v) is 0.947. The molecule has 0 aromatic rings. The van der Waals surface area contributed by atoms with E-state index in [0.717, 1.165) is 0 Å². The minimum atomic E-state index is -1.06. The van der Waals surface area contributed by atoms with Gasteiger partial charge in [0.1, 0.15) is 6.04 Å².